The predicted octanol–water partition coefficient (Wildman–Crippen LogP) is 1.79. The molecule has 1 N–H and O–H groups in total. The minimum Gasteiger partial charge on any atom is -0.370 e. The van der Waals surface area contributed by atoms with Gasteiger partial charge in [0, 0.05) is 19.5 Å². The molecule has 1 amide bonds. The quantitative estimate of drug-likeness (QED) is 0.767. The lowest BCUT2D eigenvalue weighted by Gasteiger charge is -2.09. The van der Waals surface area contributed by atoms with Gasteiger partial charge in [-0.1, -0.05) is 12.1 Å². The van der Waals surface area contributed by atoms with Gasteiger partial charge in [-0.3, -0.25) is 14.2 Å². The standard InChI is InChI=1S/C16H18F3N3O3/c1-11-3-2-4-12-14(11)21-10-22(15(12)24)7-5-13(23)20-6-8-25-9-16(17,18)19/h2-4,10H,5-9H2,1H3,(H,20,23). The van der Waals surface area contributed by atoms with E-state index >= 15 is 0 Å². The fraction of sp³-hybridized carbons (Fsp3) is 0.438. The number of ether oxygens (including phenoxy) is 1. The molecule has 0 bridgehead atoms. The SMILES string of the molecule is Cc1cccc2c(=O)n(CCC(=O)NCCOCC(F)(F)F)cnc12. The number of rotatable bonds is 7. The van der Waals surface area contributed by atoms with Crippen molar-refractivity contribution in [1.82, 2.24) is 14.9 Å². The van der Waals surface area contributed by atoms with Gasteiger partial charge < -0.3 is 10.1 Å². The predicted molar refractivity (Wildman–Crippen MR) is 85.2 cm³/mol. The second-order valence-corrected chi connectivity index (χ2v) is 5.48. The molecule has 1 aromatic heterocycles. The van der Waals surface area contributed by atoms with Crippen molar-refractivity contribution in [2.75, 3.05) is 19.8 Å². The summed E-state index contributed by atoms with van der Waals surface area (Å²) in [5, 5.41) is 2.91. The van der Waals surface area contributed by atoms with E-state index in [2.05, 4.69) is 15.0 Å². The maximum Gasteiger partial charge on any atom is 0.411 e. The summed E-state index contributed by atoms with van der Waals surface area (Å²) < 4.78 is 41.3. The Morgan fingerprint density at radius 3 is 2.84 bits per heavy atom. The molecular formula is C16H18F3N3O3. The van der Waals surface area contributed by atoms with Gasteiger partial charge in [-0.25, -0.2) is 4.98 Å². The van der Waals surface area contributed by atoms with Gasteiger partial charge in [0.2, 0.25) is 5.91 Å². The second-order valence-electron chi connectivity index (χ2n) is 5.48. The molecule has 0 unspecified atom stereocenters. The lowest BCUT2D eigenvalue weighted by atomic mass is 10.1. The van der Waals surface area contributed by atoms with Crippen molar-refractivity contribution in [2.24, 2.45) is 0 Å². The summed E-state index contributed by atoms with van der Waals surface area (Å²) in [7, 11) is 0. The number of hydrogen-bond donors (Lipinski definition) is 1. The summed E-state index contributed by atoms with van der Waals surface area (Å²) in [6.45, 7) is 0.375. The number of benzene rings is 1. The van der Waals surface area contributed by atoms with Crippen molar-refractivity contribution in [2.45, 2.75) is 26.1 Å². The Bertz CT molecular complexity index is 803. The average Bonchev–Trinajstić information content (AvgIpc) is 2.53. The van der Waals surface area contributed by atoms with E-state index in [1.807, 2.05) is 13.0 Å². The van der Waals surface area contributed by atoms with E-state index in [0.717, 1.165) is 5.56 Å². The zero-order chi connectivity index (χ0) is 18.4. The lowest BCUT2D eigenvalue weighted by Crippen LogP contribution is -2.30. The Kier molecular flexibility index (Phi) is 6.13. The van der Waals surface area contributed by atoms with Crippen LogP contribution in [0.3, 0.4) is 0 Å². The first-order valence-electron chi connectivity index (χ1n) is 7.64. The highest BCUT2D eigenvalue weighted by Gasteiger charge is 2.27. The number of fused-ring (bicyclic) bond motifs is 1. The third-order valence-electron chi connectivity index (χ3n) is 3.47. The third-order valence-corrected chi connectivity index (χ3v) is 3.47. The largest absolute Gasteiger partial charge is 0.411 e. The van der Waals surface area contributed by atoms with Crippen molar-refractivity contribution >= 4 is 16.8 Å². The van der Waals surface area contributed by atoms with Gasteiger partial charge in [0.25, 0.3) is 5.56 Å². The van der Waals surface area contributed by atoms with Crippen LogP contribution in [-0.4, -0.2) is 41.4 Å². The monoisotopic (exact) mass is 357 g/mol. The highest BCUT2D eigenvalue weighted by molar-refractivity contribution is 5.80. The van der Waals surface area contributed by atoms with Crippen LogP contribution >= 0.6 is 0 Å². The van der Waals surface area contributed by atoms with E-state index in [1.54, 1.807) is 12.1 Å². The number of amides is 1. The second kappa shape index (κ2) is 8.11. The van der Waals surface area contributed by atoms with Gasteiger partial charge in [-0.2, -0.15) is 13.2 Å². The van der Waals surface area contributed by atoms with Crippen LogP contribution in [0.15, 0.2) is 29.3 Å². The van der Waals surface area contributed by atoms with Crippen molar-refractivity contribution in [3.63, 3.8) is 0 Å². The van der Waals surface area contributed by atoms with Crippen LogP contribution in [0.25, 0.3) is 10.9 Å². The van der Waals surface area contributed by atoms with Crippen molar-refractivity contribution < 1.29 is 22.7 Å². The van der Waals surface area contributed by atoms with Gasteiger partial charge in [0.15, 0.2) is 0 Å². The smallest absolute Gasteiger partial charge is 0.370 e. The Morgan fingerprint density at radius 2 is 2.12 bits per heavy atom. The van der Waals surface area contributed by atoms with Crippen molar-refractivity contribution in [3.05, 3.63) is 40.4 Å². The molecule has 1 heterocycles. The van der Waals surface area contributed by atoms with Crippen LogP contribution in [0, 0.1) is 6.92 Å². The van der Waals surface area contributed by atoms with E-state index in [0.29, 0.717) is 10.9 Å². The van der Waals surface area contributed by atoms with Crippen LogP contribution in [0.1, 0.15) is 12.0 Å². The highest BCUT2D eigenvalue weighted by Crippen LogP contribution is 2.14. The van der Waals surface area contributed by atoms with E-state index in [-0.39, 0.29) is 37.6 Å². The van der Waals surface area contributed by atoms with E-state index in [4.69, 9.17) is 0 Å². The maximum absolute atomic E-state index is 12.4. The third kappa shape index (κ3) is 5.56. The van der Waals surface area contributed by atoms with Crippen LogP contribution in [-0.2, 0) is 16.1 Å². The van der Waals surface area contributed by atoms with Gasteiger partial charge in [-0.05, 0) is 18.6 Å². The van der Waals surface area contributed by atoms with Crippen LogP contribution in [0.5, 0.6) is 0 Å². The number of carbonyl (C=O) groups excluding carboxylic acids is 1. The fourth-order valence-corrected chi connectivity index (χ4v) is 2.26. The molecule has 6 nitrogen and oxygen atoms in total. The fourth-order valence-electron chi connectivity index (χ4n) is 2.26. The molecule has 2 rings (SSSR count). The number of aromatic nitrogens is 2. The van der Waals surface area contributed by atoms with Gasteiger partial charge in [0.05, 0.1) is 23.8 Å². The molecule has 0 fully saturated rings. The number of para-hydroxylation sites is 1. The number of aryl methyl sites for hydroxylation is 2. The molecular weight excluding hydrogens is 339 g/mol. The Balaban J connectivity index is 1.83. The molecule has 0 atom stereocenters. The summed E-state index contributed by atoms with van der Waals surface area (Å²) >= 11 is 0. The zero-order valence-corrected chi connectivity index (χ0v) is 13.6. The molecule has 2 aromatic rings. The number of carbonyl (C=O) groups is 1. The first-order valence-corrected chi connectivity index (χ1v) is 7.64. The van der Waals surface area contributed by atoms with Crippen LogP contribution < -0.4 is 10.9 Å². The minimum atomic E-state index is -4.38. The Labute approximate surface area is 141 Å². The van der Waals surface area contributed by atoms with Gasteiger partial charge in [-0.15, -0.1) is 0 Å². The summed E-state index contributed by atoms with van der Waals surface area (Å²) in [4.78, 5) is 28.3. The molecule has 0 aliphatic rings. The molecule has 0 aliphatic heterocycles. The summed E-state index contributed by atoms with van der Waals surface area (Å²) in [6.07, 6.45) is -2.98. The molecule has 25 heavy (non-hydrogen) atoms. The topological polar surface area (TPSA) is 73.2 Å². The van der Waals surface area contributed by atoms with E-state index in [1.165, 1.54) is 10.9 Å². The van der Waals surface area contributed by atoms with Gasteiger partial charge in [0.1, 0.15) is 6.61 Å². The van der Waals surface area contributed by atoms with E-state index < -0.39 is 12.8 Å². The Hall–Kier alpha value is -2.42. The summed E-state index contributed by atoms with van der Waals surface area (Å²) in [5.74, 6) is -0.383. The number of alkyl halides is 3. The summed E-state index contributed by atoms with van der Waals surface area (Å²) in [5.41, 5.74) is 1.27. The highest BCUT2D eigenvalue weighted by atomic mass is 19.4. The molecule has 9 heteroatoms. The Morgan fingerprint density at radius 1 is 1.36 bits per heavy atom. The number of nitrogens with one attached hydrogen (secondary N) is 1. The number of hydrogen-bond acceptors (Lipinski definition) is 4. The first-order chi connectivity index (χ1) is 11.8. The lowest BCUT2D eigenvalue weighted by molar-refractivity contribution is -0.173. The molecule has 0 saturated carbocycles. The normalized spacial score (nSPS) is 11.7. The molecule has 0 spiro atoms. The number of halogens is 3. The molecule has 0 aliphatic carbocycles. The first kappa shape index (κ1) is 18.9. The van der Waals surface area contributed by atoms with Crippen LogP contribution in [0.4, 0.5) is 13.2 Å². The average molecular weight is 357 g/mol. The minimum absolute atomic E-state index is 0.0121. The molecule has 136 valence electrons. The van der Waals surface area contributed by atoms with E-state index in [9.17, 15) is 22.8 Å². The van der Waals surface area contributed by atoms with Crippen molar-refractivity contribution in [1.29, 1.82) is 0 Å². The van der Waals surface area contributed by atoms with Gasteiger partial charge >= 0.3 is 6.18 Å². The zero-order valence-electron chi connectivity index (χ0n) is 13.6. The molecule has 0 radical (unpaired) electrons. The summed E-state index contributed by atoms with van der Waals surface area (Å²) in [6, 6.07) is 5.29. The maximum atomic E-state index is 12.4. The van der Waals surface area contributed by atoms with Crippen LogP contribution in [0.2, 0.25) is 0 Å². The number of nitrogens with zero attached hydrogens (tertiary/aromatic N) is 2. The van der Waals surface area contributed by atoms with Crippen molar-refractivity contribution in [3.8, 4) is 0 Å². The molecule has 1 aromatic carbocycles. The molecule has 0 saturated heterocycles.